The molecule has 0 radical (unpaired) electrons. The number of carbonyl (C=O) groups is 1. The smallest absolute Gasteiger partial charge is 0.307 e. The maximum Gasteiger partial charge on any atom is 0.307 e. The molecule has 28 heavy (non-hydrogen) atoms. The van der Waals surface area contributed by atoms with Crippen LogP contribution in [0.15, 0.2) is 59.5 Å². The molecular formula is C21H19FO5S. The Morgan fingerprint density at radius 3 is 2.36 bits per heavy atom. The maximum atomic E-state index is 13.8. The average molecular weight is 402 g/mol. The van der Waals surface area contributed by atoms with Gasteiger partial charge in [0.2, 0.25) is 0 Å². The highest BCUT2D eigenvalue weighted by atomic mass is 32.2. The first-order chi connectivity index (χ1) is 13.2. The molecule has 1 unspecified atom stereocenters. The molecule has 0 heterocycles. The third-order valence-electron chi connectivity index (χ3n) is 4.59. The Labute approximate surface area is 162 Å². The van der Waals surface area contributed by atoms with Crippen molar-refractivity contribution >= 4 is 26.6 Å². The number of benzene rings is 3. The molecule has 0 aromatic heterocycles. The van der Waals surface area contributed by atoms with Crippen molar-refractivity contribution in [2.45, 2.75) is 24.3 Å². The summed E-state index contributed by atoms with van der Waals surface area (Å²) in [6, 6.07) is 13.1. The highest BCUT2D eigenvalue weighted by Crippen LogP contribution is 2.31. The number of halogens is 1. The van der Waals surface area contributed by atoms with Gasteiger partial charge in [-0.05, 0) is 51.7 Å². The van der Waals surface area contributed by atoms with Crippen molar-refractivity contribution in [3.05, 3.63) is 77.1 Å². The van der Waals surface area contributed by atoms with Crippen molar-refractivity contribution in [2.75, 3.05) is 5.75 Å². The number of fused-ring (bicyclic) bond motifs is 1. The summed E-state index contributed by atoms with van der Waals surface area (Å²) < 4.78 is 37.7. The minimum atomic E-state index is -3.36. The molecule has 0 saturated carbocycles. The van der Waals surface area contributed by atoms with Crippen LogP contribution in [0.4, 0.5) is 4.39 Å². The summed E-state index contributed by atoms with van der Waals surface area (Å²) in [5.74, 6) is -1.52. The fourth-order valence-corrected chi connectivity index (χ4v) is 4.01. The summed E-state index contributed by atoms with van der Waals surface area (Å²) >= 11 is 0. The molecule has 0 amide bonds. The summed E-state index contributed by atoms with van der Waals surface area (Å²) in [5, 5.41) is 21.0. The van der Waals surface area contributed by atoms with E-state index in [-0.39, 0.29) is 17.1 Å². The Kier molecular flexibility index (Phi) is 5.49. The minimum absolute atomic E-state index is 0.0317. The number of carboxylic acid groups (broad SMARTS) is 1. The zero-order chi connectivity index (χ0) is 20.5. The molecule has 0 aliphatic rings. The second kappa shape index (κ2) is 7.69. The molecule has 0 aliphatic carbocycles. The standard InChI is InChI=1S/C21H19FO5S/c1-2-28(26,27)17-7-4-14(5-8-17)21(25)19-10-13(11-20(23)24)9-15-3-6-16(22)12-18(15)19/h3-10,12,21,25H,2,11H2,1H3,(H,23,24). The predicted octanol–water partition coefficient (Wildman–Crippen LogP) is 3.48. The molecule has 2 N–H and O–H groups in total. The maximum absolute atomic E-state index is 13.8. The normalized spacial score (nSPS) is 12.8. The van der Waals surface area contributed by atoms with Gasteiger partial charge in [0, 0.05) is 0 Å². The van der Waals surface area contributed by atoms with E-state index < -0.39 is 27.7 Å². The number of aliphatic hydroxyl groups is 1. The second-order valence-corrected chi connectivity index (χ2v) is 8.77. The fraction of sp³-hybridized carbons (Fsp3) is 0.190. The Balaban J connectivity index is 2.10. The van der Waals surface area contributed by atoms with E-state index in [2.05, 4.69) is 0 Å². The predicted molar refractivity (Wildman–Crippen MR) is 103 cm³/mol. The zero-order valence-electron chi connectivity index (χ0n) is 15.1. The molecule has 0 saturated heterocycles. The van der Waals surface area contributed by atoms with Crippen LogP contribution in [0.25, 0.3) is 10.8 Å². The Morgan fingerprint density at radius 1 is 1.07 bits per heavy atom. The summed E-state index contributed by atoms with van der Waals surface area (Å²) in [5.41, 5.74) is 1.26. The first-order valence-corrected chi connectivity index (χ1v) is 10.3. The summed E-state index contributed by atoms with van der Waals surface area (Å²) in [6.07, 6.45) is -1.41. The number of aliphatic carboxylic acids is 1. The van der Waals surface area contributed by atoms with E-state index >= 15 is 0 Å². The third-order valence-corrected chi connectivity index (χ3v) is 6.34. The highest BCUT2D eigenvalue weighted by Gasteiger charge is 2.18. The molecule has 0 fully saturated rings. The molecule has 3 rings (SSSR count). The molecule has 0 bridgehead atoms. The van der Waals surface area contributed by atoms with Crippen molar-refractivity contribution < 1.29 is 27.8 Å². The number of sulfone groups is 1. The van der Waals surface area contributed by atoms with Crippen LogP contribution in [0, 0.1) is 5.82 Å². The van der Waals surface area contributed by atoms with E-state index in [9.17, 15) is 22.7 Å². The van der Waals surface area contributed by atoms with Crippen molar-refractivity contribution in [2.24, 2.45) is 0 Å². The van der Waals surface area contributed by atoms with Gasteiger partial charge in [0.05, 0.1) is 17.1 Å². The third kappa shape index (κ3) is 4.05. The summed E-state index contributed by atoms with van der Waals surface area (Å²) in [6.45, 7) is 1.55. The molecule has 3 aromatic rings. The lowest BCUT2D eigenvalue weighted by atomic mass is 9.93. The van der Waals surface area contributed by atoms with E-state index in [0.717, 1.165) is 0 Å². The first kappa shape index (κ1) is 20.0. The highest BCUT2D eigenvalue weighted by molar-refractivity contribution is 7.91. The molecule has 146 valence electrons. The van der Waals surface area contributed by atoms with E-state index in [1.165, 1.54) is 48.5 Å². The van der Waals surface area contributed by atoms with Crippen molar-refractivity contribution in [3.8, 4) is 0 Å². The molecule has 5 nitrogen and oxygen atoms in total. The quantitative estimate of drug-likeness (QED) is 0.659. The Hall–Kier alpha value is -2.77. The van der Waals surface area contributed by atoms with Crippen molar-refractivity contribution in [1.82, 2.24) is 0 Å². The number of carboxylic acids is 1. The largest absolute Gasteiger partial charge is 0.481 e. The van der Waals surface area contributed by atoms with Crippen LogP contribution in [0.3, 0.4) is 0 Å². The zero-order valence-corrected chi connectivity index (χ0v) is 15.9. The van der Waals surface area contributed by atoms with Gasteiger partial charge >= 0.3 is 5.97 Å². The van der Waals surface area contributed by atoms with Crippen LogP contribution in [0.1, 0.15) is 29.7 Å². The number of hydrogen-bond donors (Lipinski definition) is 2. The van der Waals surface area contributed by atoms with Gasteiger partial charge in [-0.15, -0.1) is 0 Å². The van der Waals surface area contributed by atoms with Gasteiger partial charge < -0.3 is 10.2 Å². The van der Waals surface area contributed by atoms with Gasteiger partial charge in [-0.1, -0.05) is 37.3 Å². The van der Waals surface area contributed by atoms with Crippen LogP contribution < -0.4 is 0 Å². The fourth-order valence-electron chi connectivity index (χ4n) is 3.13. The van der Waals surface area contributed by atoms with Crippen molar-refractivity contribution in [1.29, 1.82) is 0 Å². The average Bonchev–Trinajstić information content (AvgIpc) is 2.66. The summed E-state index contributed by atoms with van der Waals surface area (Å²) in [4.78, 5) is 11.2. The summed E-state index contributed by atoms with van der Waals surface area (Å²) in [7, 11) is -3.36. The van der Waals surface area contributed by atoms with E-state index in [1.807, 2.05) is 0 Å². The van der Waals surface area contributed by atoms with Crippen LogP contribution >= 0.6 is 0 Å². The van der Waals surface area contributed by atoms with Gasteiger partial charge in [0.25, 0.3) is 0 Å². The van der Waals surface area contributed by atoms with Gasteiger partial charge in [0.1, 0.15) is 11.9 Å². The number of aliphatic hydroxyl groups excluding tert-OH is 1. The lowest BCUT2D eigenvalue weighted by Gasteiger charge is -2.16. The van der Waals surface area contributed by atoms with Gasteiger partial charge in [-0.3, -0.25) is 4.79 Å². The topological polar surface area (TPSA) is 91.7 Å². The Bertz CT molecular complexity index is 1140. The van der Waals surface area contributed by atoms with E-state index in [4.69, 9.17) is 5.11 Å². The number of hydrogen-bond acceptors (Lipinski definition) is 4. The minimum Gasteiger partial charge on any atom is -0.481 e. The second-order valence-electron chi connectivity index (χ2n) is 6.50. The SMILES string of the molecule is CCS(=O)(=O)c1ccc(C(O)c2cc(CC(=O)O)cc3ccc(F)cc23)cc1. The van der Waals surface area contributed by atoms with Crippen LogP contribution in [0.2, 0.25) is 0 Å². The first-order valence-electron chi connectivity index (χ1n) is 8.66. The van der Waals surface area contributed by atoms with Crippen LogP contribution in [-0.2, 0) is 21.1 Å². The van der Waals surface area contributed by atoms with Gasteiger partial charge in [-0.25, -0.2) is 12.8 Å². The Morgan fingerprint density at radius 2 is 1.75 bits per heavy atom. The van der Waals surface area contributed by atoms with E-state index in [1.54, 1.807) is 13.0 Å². The monoisotopic (exact) mass is 402 g/mol. The molecule has 7 heteroatoms. The van der Waals surface area contributed by atoms with Gasteiger partial charge in [0.15, 0.2) is 9.84 Å². The van der Waals surface area contributed by atoms with Crippen molar-refractivity contribution in [3.63, 3.8) is 0 Å². The molecular weight excluding hydrogens is 383 g/mol. The van der Waals surface area contributed by atoms with E-state index in [0.29, 0.717) is 27.5 Å². The molecule has 3 aromatic carbocycles. The molecule has 1 atom stereocenters. The lowest BCUT2D eigenvalue weighted by Crippen LogP contribution is -2.07. The lowest BCUT2D eigenvalue weighted by molar-refractivity contribution is -0.136. The molecule has 0 aliphatic heterocycles. The van der Waals surface area contributed by atoms with Crippen LogP contribution in [0.5, 0.6) is 0 Å². The van der Waals surface area contributed by atoms with Gasteiger partial charge in [-0.2, -0.15) is 0 Å². The van der Waals surface area contributed by atoms with Crippen LogP contribution in [-0.4, -0.2) is 30.4 Å². The molecule has 0 spiro atoms. The number of rotatable bonds is 6.